The molecule has 1 aromatic heterocycles. The van der Waals surface area contributed by atoms with Crippen LogP contribution in [0.15, 0.2) is 30.3 Å². The molecule has 0 bridgehead atoms. The highest BCUT2D eigenvalue weighted by atomic mass is 32.2. The molecule has 24 heavy (non-hydrogen) atoms. The molecule has 2 heterocycles. The Bertz CT molecular complexity index is 783. The Morgan fingerprint density at radius 2 is 2.21 bits per heavy atom. The van der Waals surface area contributed by atoms with Crippen LogP contribution in [0.3, 0.4) is 0 Å². The van der Waals surface area contributed by atoms with Gasteiger partial charge in [0, 0.05) is 13.1 Å². The summed E-state index contributed by atoms with van der Waals surface area (Å²) in [7, 11) is -3.53. The van der Waals surface area contributed by atoms with Gasteiger partial charge in [-0.05, 0) is 18.2 Å². The van der Waals surface area contributed by atoms with Crippen molar-refractivity contribution in [2.24, 2.45) is 0 Å². The molecule has 9 heteroatoms. The molecule has 0 unspecified atom stereocenters. The van der Waals surface area contributed by atoms with Crippen LogP contribution in [0, 0.1) is 5.82 Å². The number of hydrogen-bond donors (Lipinski definition) is 2. The zero-order chi connectivity index (χ0) is 17.0. The van der Waals surface area contributed by atoms with E-state index >= 15 is 0 Å². The standard InChI is InChI=1S/C15H19FN4O3S/c16-14-3-1-2-4-15(14)23-7-8-24(21,22)18-10-12-9-13-11-17-5-6-20(13)19-12/h1-4,9,17-18H,5-8,10-11H2. The number of aromatic nitrogens is 2. The largest absolute Gasteiger partial charge is 0.489 e. The summed E-state index contributed by atoms with van der Waals surface area (Å²) < 4.78 is 46.9. The van der Waals surface area contributed by atoms with Crippen LogP contribution < -0.4 is 14.8 Å². The van der Waals surface area contributed by atoms with Crippen LogP contribution in [0.4, 0.5) is 4.39 Å². The van der Waals surface area contributed by atoms with E-state index in [1.165, 1.54) is 12.1 Å². The smallest absolute Gasteiger partial charge is 0.215 e. The second kappa shape index (κ2) is 7.29. The van der Waals surface area contributed by atoms with Crippen LogP contribution in [0.2, 0.25) is 0 Å². The van der Waals surface area contributed by atoms with E-state index in [4.69, 9.17) is 4.74 Å². The van der Waals surface area contributed by atoms with Gasteiger partial charge in [-0.1, -0.05) is 12.1 Å². The van der Waals surface area contributed by atoms with Crippen molar-refractivity contribution in [1.29, 1.82) is 0 Å². The van der Waals surface area contributed by atoms with Crippen LogP contribution in [0.5, 0.6) is 5.75 Å². The molecule has 0 aliphatic carbocycles. The number of sulfonamides is 1. The van der Waals surface area contributed by atoms with E-state index in [2.05, 4.69) is 15.1 Å². The Balaban J connectivity index is 1.49. The highest BCUT2D eigenvalue weighted by Crippen LogP contribution is 2.15. The number of halogens is 1. The van der Waals surface area contributed by atoms with E-state index in [-0.39, 0.29) is 24.7 Å². The van der Waals surface area contributed by atoms with Crippen molar-refractivity contribution < 1.29 is 17.5 Å². The van der Waals surface area contributed by atoms with Crippen molar-refractivity contribution in [1.82, 2.24) is 19.8 Å². The molecular formula is C15H19FN4O3S. The Kier molecular flexibility index (Phi) is 5.12. The maximum atomic E-state index is 13.4. The Morgan fingerprint density at radius 3 is 3.00 bits per heavy atom. The molecular weight excluding hydrogens is 335 g/mol. The summed E-state index contributed by atoms with van der Waals surface area (Å²) in [5, 5.41) is 7.59. The average Bonchev–Trinajstić information content (AvgIpc) is 2.98. The van der Waals surface area contributed by atoms with E-state index in [0.717, 1.165) is 25.3 Å². The quantitative estimate of drug-likeness (QED) is 0.762. The molecule has 0 saturated carbocycles. The van der Waals surface area contributed by atoms with Crippen LogP contribution >= 0.6 is 0 Å². The third-order valence-electron chi connectivity index (χ3n) is 3.64. The normalized spacial score (nSPS) is 14.4. The Hall–Kier alpha value is -1.97. The first-order valence-electron chi connectivity index (χ1n) is 7.64. The van der Waals surface area contributed by atoms with Crippen molar-refractivity contribution in [2.45, 2.75) is 19.6 Å². The first kappa shape index (κ1) is 16.9. The fraction of sp³-hybridized carbons (Fsp3) is 0.400. The van der Waals surface area contributed by atoms with Crippen LogP contribution in [-0.4, -0.2) is 37.1 Å². The number of fused-ring (bicyclic) bond motifs is 1. The monoisotopic (exact) mass is 354 g/mol. The Labute approximate surface area is 139 Å². The second-order valence-electron chi connectivity index (χ2n) is 5.45. The first-order valence-corrected chi connectivity index (χ1v) is 9.30. The van der Waals surface area contributed by atoms with E-state index in [1.807, 2.05) is 10.7 Å². The fourth-order valence-corrected chi connectivity index (χ4v) is 3.23. The number of rotatable bonds is 7. The van der Waals surface area contributed by atoms with Crippen molar-refractivity contribution in [3.8, 4) is 5.75 Å². The SMILES string of the molecule is O=S(=O)(CCOc1ccccc1F)NCc1cc2n(n1)CCNC2. The molecule has 1 aliphatic rings. The molecule has 130 valence electrons. The molecule has 1 aliphatic heterocycles. The van der Waals surface area contributed by atoms with Crippen molar-refractivity contribution >= 4 is 10.0 Å². The number of para-hydroxylation sites is 1. The lowest BCUT2D eigenvalue weighted by atomic mass is 10.3. The van der Waals surface area contributed by atoms with Crippen LogP contribution in [0.25, 0.3) is 0 Å². The minimum Gasteiger partial charge on any atom is -0.489 e. The zero-order valence-corrected chi connectivity index (χ0v) is 13.9. The average molecular weight is 354 g/mol. The number of hydrogen-bond acceptors (Lipinski definition) is 5. The number of nitrogens with zero attached hydrogens (tertiary/aromatic N) is 2. The van der Waals surface area contributed by atoms with E-state index in [9.17, 15) is 12.8 Å². The molecule has 0 fully saturated rings. The van der Waals surface area contributed by atoms with Crippen molar-refractivity contribution in [3.63, 3.8) is 0 Å². The number of ether oxygens (including phenoxy) is 1. The van der Waals surface area contributed by atoms with Gasteiger partial charge in [0.1, 0.15) is 6.61 Å². The van der Waals surface area contributed by atoms with Crippen LogP contribution in [0.1, 0.15) is 11.4 Å². The van der Waals surface area contributed by atoms with Gasteiger partial charge >= 0.3 is 0 Å². The maximum absolute atomic E-state index is 13.4. The lowest BCUT2D eigenvalue weighted by molar-refractivity contribution is 0.322. The van der Waals surface area contributed by atoms with Gasteiger partial charge in [0.2, 0.25) is 10.0 Å². The second-order valence-corrected chi connectivity index (χ2v) is 7.37. The van der Waals surface area contributed by atoms with E-state index < -0.39 is 15.8 Å². The van der Waals surface area contributed by atoms with E-state index in [1.54, 1.807) is 12.1 Å². The summed E-state index contributed by atoms with van der Waals surface area (Å²) in [6.45, 7) is 2.37. The first-order chi connectivity index (χ1) is 11.5. The summed E-state index contributed by atoms with van der Waals surface area (Å²) in [5.41, 5.74) is 1.71. The van der Waals surface area contributed by atoms with Crippen molar-refractivity contribution in [3.05, 3.63) is 47.5 Å². The molecule has 0 spiro atoms. The van der Waals surface area contributed by atoms with Gasteiger partial charge in [-0.25, -0.2) is 17.5 Å². The predicted octanol–water partition coefficient (Wildman–Crippen LogP) is 0.624. The third-order valence-corrected chi connectivity index (χ3v) is 4.93. The summed E-state index contributed by atoms with van der Waals surface area (Å²) in [4.78, 5) is 0. The van der Waals surface area contributed by atoms with Gasteiger partial charge in [0.15, 0.2) is 11.6 Å². The number of nitrogens with one attached hydrogen (secondary N) is 2. The maximum Gasteiger partial charge on any atom is 0.215 e. The Morgan fingerprint density at radius 1 is 1.38 bits per heavy atom. The minimum absolute atomic E-state index is 0.0435. The number of benzene rings is 1. The highest BCUT2D eigenvalue weighted by Gasteiger charge is 2.15. The van der Waals surface area contributed by atoms with Gasteiger partial charge in [-0.2, -0.15) is 5.10 Å². The van der Waals surface area contributed by atoms with Gasteiger partial charge in [0.25, 0.3) is 0 Å². The molecule has 3 rings (SSSR count). The lowest BCUT2D eigenvalue weighted by Crippen LogP contribution is -2.29. The third kappa shape index (κ3) is 4.31. The van der Waals surface area contributed by atoms with Gasteiger partial charge in [0.05, 0.1) is 30.2 Å². The zero-order valence-electron chi connectivity index (χ0n) is 13.0. The molecule has 0 saturated heterocycles. The minimum atomic E-state index is -3.53. The predicted molar refractivity (Wildman–Crippen MR) is 86.5 cm³/mol. The van der Waals surface area contributed by atoms with Crippen LogP contribution in [-0.2, 0) is 29.7 Å². The highest BCUT2D eigenvalue weighted by molar-refractivity contribution is 7.89. The molecule has 2 aromatic rings. The molecule has 1 aromatic carbocycles. The molecule has 0 atom stereocenters. The summed E-state index contributed by atoms with van der Waals surface area (Å²) in [5.74, 6) is -0.724. The molecule has 0 radical (unpaired) electrons. The summed E-state index contributed by atoms with van der Waals surface area (Å²) in [6.07, 6.45) is 0. The van der Waals surface area contributed by atoms with Gasteiger partial charge in [-0.15, -0.1) is 0 Å². The summed E-state index contributed by atoms with van der Waals surface area (Å²) >= 11 is 0. The van der Waals surface area contributed by atoms with Crippen molar-refractivity contribution in [2.75, 3.05) is 18.9 Å². The molecule has 7 nitrogen and oxygen atoms in total. The fourth-order valence-electron chi connectivity index (χ4n) is 2.42. The molecule has 0 amide bonds. The summed E-state index contributed by atoms with van der Waals surface area (Å²) in [6, 6.07) is 7.77. The van der Waals surface area contributed by atoms with E-state index in [0.29, 0.717) is 5.69 Å². The molecule has 2 N–H and O–H groups in total. The van der Waals surface area contributed by atoms with Gasteiger partial charge < -0.3 is 10.1 Å². The van der Waals surface area contributed by atoms with Gasteiger partial charge in [-0.3, -0.25) is 4.68 Å². The lowest BCUT2D eigenvalue weighted by Gasteiger charge is -2.13. The topological polar surface area (TPSA) is 85.2 Å².